The number of carbonyl (C=O) groups excluding carboxylic acids is 2. The zero-order chi connectivity index (χ0) is 16.1. The number of hydrogen-bond donors (Lipinski definition) is 2. The van der Waals surface area contributed by atoms with Gasteiger partial charge in [-0.3, -0.25) is 9.59 Å². The summed E-state index contributed by atoms with van der Waals surface area (Å²) in [5.74, 6) is -1.63. The summed E-state index contributed by atoms with van der Waals surface area (Å²) in [6, 6.07) is 11.3. The number of amides is 2. The van der Waals surface area contributed by atoms with E-state index in [-0.39, 0.29) is 17.0 Å². The Kier molecular flexibility index (Phi) is 5.12. The molecule has 2 rings (SSSR count). The van der Waals surface area contributed by atoms with Crippen LogP contribution in [-0.4, -0.2) is 17.9 Å². The van der Waals surface area contributed by atoms with Gasteiger partial charge in [-0.1, -0.05) is 35.9 Å². The molecule has 4 nitrogen and oxygen atoms in total. The molecule has 0 unspecified atom stereocenters. The van der Waals surface area contributed by atoms with E-state index >= 15 is 0 Å². The molecule has 0 saturated carbocycles. The second-order valence-corrected chi connectivity index (χ2v) is 5.15. The summed E-state index contributed by atoms with van der Waals surface area (Å²) in [5.41, 5.74) is 6.11. The average Bonchev–Trinajstić information content (AvgIpc) is 2.46. The SMILES string of the molecule is NC(=O)[C@@H](Cc1cccc(F)c1)NC(=O)c1ccccc1Cl. The van der Waals surface area contributed by atoms with Gasteiger partial charge in [-0.25, -0.2) is 4.39 Å². The van der Waals surface area contributed by atoms with E-state index in [2.05, 4.69) is 5.32 Å². The Morgan fingerprint density at radius 2 is 1.91 bits per heavy atom. The van der Waals surface area contributed by atoms with Gasteiger partial charge < -0.3 is 11.1 Å². The normalized spacial score (nSPS) is 11.7. The molecule has 2 aromatic carbocycles. The molecule has 0 aliphatic rings. The molecule has 22 heavy (non-hydrogen) atoms. The van der Waals surface area contributed by atoms with Crippen molar-refractivity contribution in [2.75, 3.05) is 0 Å². The van der Waals surface area contributed by atoms with Crippen LogP contribution in [0.15, 0.2) is 48.5 Å². The lowest BCUT2D eigenvalue weighted by atomic mass is 10.0. The molecule has 0 aliphatic carbocycles. The fourth-order valence-electron chi connectivity index (χ4n) is 2.00. The van der Waals surface area contributed by atoms with Crippen molar-refractivity contribution in [1.82, 2.24) is 5.32 Å². The van der Waals surface area contributed by atoms with E-state index in [1.54, 1.807) is 24.3 Å². The molecule has 6 heteroatoms. The van der Waals surface area contributed by atoms with Gasteiger partial charge in [0, 0.05) is 6.42 Å². The first kappa shape index (κ1) is 16.0. The monoisotopic (exact) mass is 320 g/mol. The van der Waals surface area contributed by atoms with Crippen molar-refractivity contribution < 1.29 is 14.0 Å². The number of rotatable bonds is 5. The van der Waals surface area contributed by atoms with Crippen LogP contribution < -0.4 is 11.1 Å². The van der Waals surface area contributed by atoms with Gasteiger partial charge in [-0.2, -0.15) is 0 Å². The fourth-order valence-corrected chi connectivity index (χ4v) is 2.23. The molecular weight excluding hydrogens is 307 g/mol. The molecule has 114 valence electrons. The van der Waals surface area contributed by atoms with Gasteiger partial charge >= 0.3 is 0 Å². The zero-order valence-corrected chi connectivity index (χ0v) is 12.3. The minimum Gasteiger partial charge on any atom is -0.368 e. The van der Waals surface area contributed by atoms with E-state index in [1.807, 2.05) is 0 Å². The molecule has 3 N–H and O–H groups in total. The molecule has 2 amide bonds. The van der Waals surface area contributed by atoms with Gasteiger partial charge in [0.25, 0.3) is 5.91 Å². The van der Waals surface area contributed by atoms with Gasteiger partial charge in [0.15, 0.2) is 0 Å². The Bertz CT molecular complexity index is 706. The number of carbonyl (C=O) groups is 2. The van der Waals surface area contributed by atoms with Crippen molar-refractivity contribution in [3.8, 4) is 0 Å². The highest BCUT2D eigenvalue weighted by atomic mass is 35.5. The lowest BCUT2D eigenvalue weighted by molar-refractivity contribution is -0.119. The number of hydrogen-bond acceptors (Lipinski definition) is 2. The summed E-state index contributed by atoms with van der Waals surface area (Å²) in [4.78, 5) is 23.7. The highest BCUT2D eigenvalue weighted by Crippen LogP contribution is 2.15. The maximum absolute atomic E-state index is 13.2. The van der Waals surface area contributed by atoms with Crippen LogP contribution in [0.1, 0.15) is 15.9 Å². The van der Waals surface area contributed by atoms with Crippen LogP contribution in [-0.2, 0) is 11.2 Å². The third-order valence-corrected chi connectivity index (χ3v) is 3.43. The lowest BCUT2D eigenvalue weighted by Gasteiger charge is -2.16. The van der Waals surface area contributed by atoms with Gasteiger partial charge in [0.1, 0.15) is 11.9 Å². The van der Waals surface area contributed by atoms with Crippen molar-refractivity contribution >= 4 is 23.4 Å². The molecule has 0 bridgehead atoms. The molecule has 0 spiro atoms. The van der Waals surface area contributed by atoms with Gasteiger partial charge in [0.05, 0.1) is 10.6 Å². The lowest BCUT2D eigenvalue weighted by Crippen LogP contribution is -2.45. The maximum atomic E-state index is 13.2. The average molecular weight is 321 g/mol. The minimum absolute atomic E-state index is 0.100. The number of halogens is 2. The van der Waals surface area contributed by atoms with Crippen LogP contribution >= 0.6 is 11.6 Å². The molecule has 1 atom stereocenters. The number of benzene rings is 2. The molecule has 2 aromatic rings. The van der Waals surface area contributed by atoms with Crippen LogP contribution in [0.4, 0.5) is 4.39 Å². The number of nitrogens with one attached hydrogen (secondary N) is 1. The van der Waals surface area contributed by atoms with Crippen LogP contribution in [0, 0.1) is 5.82 Å². The highest BCUT2D eigenvalue weighted by molar-refractivity contribution is 6.33. The molecule has 0 heterocycles. The summed E-state index contributed by atoms with van der Waals surface area (Å²) in [5, 5.41) is 2.79. The molecular formula is C16H14ClFN2O2. The predicted octanol–water partition coefficient (Wildman–Crippen LogP) is 2.31. The first-order valence-corrected chi connectivity index (χ1v) is 6.94. The van der Waals surface area contributed by atoms with Crippen molar-refractivity contribution in [1.29, 1.82) is 0 Å². The summed E-state index contributed by atoms with van der Waals surface area (Å²) in [6.45, 7) is 0. The first-order valence-electron chi connectivity index (χ1n) is 6.56. The molecule has 0 radical (unpaired) electrons. The van der Waals surface area contributed by atoms with E-state index in [0.29, 0.717) is 5.56 Å². The van der Waals surface area contributed by atoms with Crippen molar-refractivity contribution in [2.45, 2.75) is 12.5 Å². The first-order chi connectivity index (χ1) is 10.5. The number of primary amides is 1. The second-order valence-electron chi connectivity index (χ2n) is 4.74. The Hall–Kier alpha value is -2.40. The topological polar surface area (TPSA) is 72.2 Å². The van der Waals surface area contributed by atoms with Gasteiger partial charge in [-0.05, 0) is 29.8 Å². The van der Waals surface area contributed by atoms with Crippen molar-refractivity contribution in [3.63, 3.8) is 0 Å². The van der Waals surface area contributed by atoms with E-state index in [9.17, 15) is 14.0 Å². The standard InChI is InChI=1S/C16H14ClFN2O2/c17-13-7-2-1-6-12(13)16(22)20-14(15(19)21)9-10-4-3-5-11(18)8-10/h1-8,14H,9H2,(H2,19,21)(H,20,22)/t14-/m1/s1. The smallest absolute Gasteiger partial charge is 0.253 e. The molecule has 0 saturated heterocycles. The molecule has 0 fully saturated rings. The van der Waals surface area contributed by atoms with Crippen molar-refractivity contribution in [2.24, 2.45) is 5.73 Å². The predicted molar refractivity (Wildman–Crippen MR) is 82.0 cm³/mol. The third kappa shape index (κ3) is 4.05. The minimum atomic E-state index is -0.953. The Morgan fingerprint density at radius 3 is 2.55 bits per heavy atom. The van der Waals surface area contributed by atoms with E-state index in [4.69, 9.17) is 17.3 Å². The highest BCUT2D eigenvalue weighted by Gasteiger charge is 2.20. The zero-order valence-electron chi connectivity index (χ0n) is 11.6. The Balaban J connectivity index is 2.14. The fraction of sp³-hybridized carbons (Fsp3) is 0.125. The third-order valence-electron chi connectivity index (χ3n) is 3.10. The molecule has 0 aromatic heterocycles. The van der Waals surface area contributed by atoms with Gasteiger partial charge in [0.2, 0.25) is 5.91 Å². The summed E-state index contributed by atoms with van der Waals surface area (Å²) in [7, 11) is 0. The van der Waals surface area contributed by atoms with Crippen LogP contribution in [0.2, 0.25) is 5.02 Å². The quantitative estimate of drug-likeness (QED) is 0.887. The van der Waals surface area contributed by atoms with Crippen LogP contribution in [0.3, 0.4) is 0 Å². The van der Waals surface area contributed by atoms with E-state index in [1.165, 1.54) is 24.3 Å². The second kappa shape index (κ2) is 7.04. The maximum Gasteiger partial charge on any atom is 0.253 e. The van der Waals surface area contributed by atoms with Crippen LogP contribution in [0.5, 0.6) is 0 Å². The number of nitrogens with two attached hydrogens (primary N) is 1. The summed E-state index contributed by atoms with van der Waals surface area (Å²) < 4.78 is 13.2. The van der Waals surface area contributed by atoms with E-state index < -0.39 is 23.7 Å². The molecule has 0 aliphatic heterocycles. The summed E-state index contributed by atoms with van der Waals surface area (Å²) >= 11 is 5.94. The largest absolute Gasteiger partial charge is 0.368 e. The van der Waals surface area contributed by atoms with E-state index in [0.717, 1.165) is 0 Å². The Labute approximate surface area is 132 Å². The van der Waals surface area contributed by atoms with Gasteiger partial charge in [-0.15, -0.1) is 0 Å². The van der Waals surface area contributed by atoms with Crippen LogP contribution in [0.25, 0.3) is 0 Å². The van der Waals surface area contributed by atoms with Crippen molar-refractivity contribution in [3.05, 3.63) is 70.5 Å². The Morgan fingerprint density at radius 1 is 1.18 bits per heavy atom. The summed E-state index contributed by atoms with van der Waals surface area (Å²) in [6.07, 6.45) is 0.100.